The van der Waals surface area contributed by atoms with Gasteiger partial charge >= 0.3 is 11.9 Å². The molecule has 16 heteroatoms. The van der Waals surface area contributed by atoms with Crippen LogP contribution in [0.1, 0.15) is 130 Å². The number of ketones is 1. The lowest BCUT2D eigenvalue weighted by Crippen LogP contribution is -2.46. The Morgan fingerprint density at radius 1 is 0.571 bits per heavy atom. The number of nitrogens with one attached hydrogen (secondary N) is 3. The zero-order valence-electron chi connectivity index (χ0n) is 34.7. The first kappa shape index (κ1) is 53.2. The minimum Gasteiger partial charge on any atom is -0.481 e. The minimum atomic E-state index is -1.15. The van der Waals surface area contributed by atoms with E-state index in [0.29, 0.717) is 71.4 Å². The van der Waals surface area contributed by atoms with Gasteiger partial charge in [0.25, 0.3) is 0 Å². The van der Waals surface area contributed by atoms with E-state index >= 15 is 0 Å². The number of carbonyl (C=O) groups is 6. The number of unbranched alkanes of at least 4 members (excludes halogenated alkanes) is 8. The van der Waals surface area contributed by atoms with Crippen molar-refractivity contribution >= 4 is 47.2 Å². The molecule has 0 fully saturated rings. The first-order valence-corrected chi connectivity index (χ1v) is 21.6. The molecule has 0 rings (SSSR count). The number of rotatable bonds is 39. The molecule has 0 aromatic carbocycles. The fraction of sp³-hybridized carbons (Fsp3) is 0.850. The molecule has 0 aliphatic carbocycles. The van der Waals surface area contributed by atoms with Crippen molar-refractivity contribution in [2.24, 2.45) is 0 Å². The summed E-state index contributed by atoms with van der Waals surface area (Å²) in [7, 11) is 0. The Kier molecular flexibility index (Phi) is 34.7. The Balaban J connectivity index is 3.53. The van der Waals surface area contributed by atoms with E-state index in [0.717, 1.165) is 32.1 Å². The number of hydrogen-bond acceptors (Lipinski definition) is 12. The van der Waals surface area contributed by atoms with Crippen molar-refractivity contribution in [2.75, 3.05) is 77.5 Å². The largest absolute Gasteiger partial charge is 0.481 e. The summed E-state index contributed by atoms with van der Waals surface area (Å²) in [5, 5.41) is 16.9. The van der Waals surface area contributed by atoms with Crippen molar-refractivity contribution in [3.8, 4) is 0 Å². The molecular weight excluding hydrogens is 747 g/mol. The number of amides is 3. The van der Waals surface area contributed by atoms with Crippen LogP contribution >= 0.6 is 11.8 Å². The van der Waals surface area contributed by atoms with Crippen molar-refractivity contribution in [1.29, 1.82) is 0 Å². The van der Waals surface area contributed by atoms with Crippen LogP contribution in [0.15, 0.2) is 0 Å². The fourth-order valence-corrected chi connectivity index (χ4v) is 6.10. The summed E-state index contributed by atoms with van der Waals surface area (Å²) in [4.78, 5) is 70.4. The van der Waals surface area contributed by atoms with Gasteiger partial charge in [0.15, 0.2) is 0 Å². The quantitative estimate of drug-likeness (QED) is 0.0489. The third kappa shape index (κ3) is 39.4. The highest BCUT2D eigenvalue weighted by Crippen LogP contribution is 2.14. The van der Waals surface area contributed by atoms with Crippen LogP contribution in [0, 0.1) is 0 Å². The van der Waals surface area contributed by atoms with Crippen LogP contribution in [0.4, 0.5) is 0 Å². The minimum absolute atomic E-state index is 0.101. The zero-order valence-corrected chi connectivity index (χ0v) is 35.5. The molecule has 0 saturated heterocycles. The van der Waals surface area contributed by atoms with Gasteiger partial charge in [-0.1, -0.05) is 38.5 Å². The lowest BCUT2D eigenvalue weighted by Gasteiger charge is -2.24. The van der Waals surface area contributed by atoms with Crippen LogP contribution in [0.5, 0.6) is 0 Å². The van der Waals surface area contributed by atoms with E-state index in [1.54, 1.807) is 27.7 Å². The molecule has 4 N–H and O–H groups in total. The number of ether oxygens (including phenoxy) is 5. The lowest BCUT2D eigenvalue weighted by molar-refractivity contribution is -0.159. The summed E-state index contributed by atoms with van der Waals surface area (Å²) in [6.45, 7) is 9.44. The Labute approximate surface area is 339 Å². The average Bonchev–Trinajstić information content (AvgIpc) is 3.12. The molecule has 56 heavy (non-hydrogen) atoms. The molecule has 0 aliphatic heterocycles. The van der Waals surface area contributed by atoms with Gasteiger partial charge in [0.2, 0.25) is 17.7 Å². The predicted molar refractivity (Wildman–Crippen MR) is 217 cm³/mol. The Hall–Kier alpha value is -2.79. The third-order valence-electron chi connectivity index (χ3n) is 7.97. The first-order valence-electron chi connectivity index (χ1n) is 20.5. The SMILES string of the molecule is CC(=O)CCCCCCCSCCCCCCCC(=O)NCCCOCCOCCOCCCNC(=O)COCC(=O)NC(CCC(=O)O)C(=O)OC(C)(C)C. The van der Waals surface area contributed by atoms with E-state index in [1.165, 1.54) is 56.5 Å². The molecule has 0 heterocycles. The Morgan fingerprint density at radius 2 is 1.05 bits per heavy atom. The number of thioether (sulfide) groups is 1. The van der Waals surface area contributed by atoms with Gasteiger partial charge in [-0.05, 0) is 84.1 Å². The first-order chi connectivity index (χ1) is 26.8. The van der Waals surface area contributed by atoms with Gasteiger partial charge in [-0.2, -0.15) is 11.8 Å². The van der Waals surface area contributed by atoms with E-state index in [2.05, 4.69) is 16.0 Å². The monoisotopic (exact) mass is 819 g/mol. The number of Topliss-reactive ketones (excluding diaryl/α,β-unsaturated/α-hetero) is 1. The van der Waals surface area contributed by atoms with E-state index in [4.69, 9.17) is 28.8 Å². The van der Waals surface area contributed by atoms with Crippen LogP contribution < -0.4 is 16.0 Å². The highest BCUT2D eigenvalue weighted by atomic mass is 32.2. The molecule has 0 spiro atoms. The number of esters is 1. The Morgan fingerprint density at radius 3 is 1.59 bits per heavy atom. The number of hydrogen-bond donors (Lipinski definition) is 4. The second kappa shape index (κ2) is 36.5. The van der Waals surface area contributed by atoms with Crippen LogP contribution in [-0.4, -0.2) is 130 Å². The number of carbonyl (C=O) groups excluding carboxylic acids is 5. The predicted octanol–water partition coefficient (Wildman–Crippen LogP) is 4.76. The number of carboxylic acid groups (broad SMARTS) is 1. The molecule has 3 amide bonds. The highest BCUT2D eigenvalue weighted by molar-refractivity contribution is 7.99. The lowest BCUT2D eigenvalue weighted by atomic mass is 10.1. The van der Waals surface area contributed by atoms with Crippen LogP contribution in [-0.2, 0) is 52.5 Å². The summed E-state index contributed by atoms with van der Waals surface area (Å²) < 4.78 is 26.9. The summed E-state index contributed by atoms with van der Waals surface area (Å²) in [6, 6.07) is -1.15. The molecule has 15 nitrogen and oxygen atoms in total. The summed E-state index contributed by atoms with van der Waals surface area (Å²) >= 11 is 2.04. The molecule has 1 atom stereocenters. The molecular formula is C40H73N3O12S. The van der Waals surface area contributed by atoms with Crippen molar-refractivity contribution in [2.45, 2.75) is 142 Å². The van der Waals surface area contributed by atoms with Crippen molar-refractivity contribution in [1.82, 2.24) is 16.0 Å². The maximum atomic E-state index is 12.3. The van der Waals surface area contributed by atoms with Crippen LogP contribution in [0.25, 0.3) is 0 Å². The maximum Gasteiger partial charge on any atom is 0.329 e. The van der Waals surface area contributed by atoms with Gasteiger partial charge < -0.3 is 49.5 Å². The molecule has 0 aromatic rings. The standard InChI is InChI=1S/C40H73N3O12S/c1-33(44)17-11-7-5-9-13-29-56-30-14-10-6-8-12-18-35(45)41-21-15-23-51-25-27-53-28-26-52-24-16-22-42-36(46)31-54-32-37(47)43-34(19-20-38(48)49)39(50)55-40(2,3)4/h34H,5-32H2,1-4H3,(H,41,45)(H,42,46)(H,43,47)(H,48,49). The second-order valence-electron chi connectivity index (χ2n) is 14.7. The molecule has 0 aliphatic rings. The van der Waals surface area contributed by atoms with Gasteiger partial charge in [-0.25, -0.2) is 4.79 Å². The number of carboxylic acids is 1. The topological polar surface area (TPSA) is 205 Å². The van der Waals surface area contributed by atoms with Gasteiger partial charge in [-0.3, -0.25) is 19.2 Å². The summed E-state index contributed by atoms with van der Waals surface area (Å²) in [6.07, 6.45) is 13.8. The highest BCUT2D eigenvalue weighted by Gasteiger charge is 2.27. The molecule has 326 valence electrons. The maximum absolute atomic E-state index is 12.3. The smallest absolute Gasteiger partial charge is 0.329 e. The molecule has 0 radical (unpaired) electrons. The van der Waals surface area contributed by atoms with Gasteiger partial charge in [0.05, 0.1) is 26.4 Å². The molecule has 1 unspecified atom stereocenters. The van der Waals surface area contributed by atoms with E-state index < -0.39 is 42.0 Å². The zero-order chi connectivity index (χ0) is 41.7. The van der Waals surface area contributed by atoms with E-state index in [9.17, 15) is 28.8 Å². The van der Waals surface area contributed by atoms with E-state index in [-0.39, 0.29) is 25.4 Å². The van der Waals surface area contributed by atoms with Gasteiger partial charge in [0, 0.05) is 45.6 Å². The van der Waals surface area contributed by atoms with Gasteiger partial charge in [-0.15, -0.1) is 0 Å². The average molecular weight is 820 g/mol. The van der Waals surface area contributed by atoms with Crippen molar-refractivity contribution in [3.05, 3.63) is 0 Å². The molecule has 0 bridgehead atoms. The molecule has 0 saturated carbocycles. The van der Waals surface area contributed by atoms with Crippen molar-refractivity contribution < 1.29 is 57.6 Å². The van der Waals surface area contributed by atoms with Gasteiger partial charge in [0.1, 0.15) is 30.6 Å². The number of aliphatic carboxylic acids is 1. The normalized spacial score (nSPS) is 11.9. The van der Waals surface area contributed by atoms with Crippen molar-refractivity contribution in [3.63, 3.8) is 0 Å². The summed E-state index contributed by atoms with van der Waals surface area (Å²) in [5.41, 5.74) is -0.809. The van der Waals surface area contributed by atoms with Crippen LogP contribution in [0.3, 0.4) is 0 Å². The second-order valence-corrected chi connectivity index (χ2v) is 15.9. The third-order valence-corrected chi connectivity index (χ3v) is 9.12. The van der Waals surface area contributed by atoms with Crippen LogP contribution in [0.2, 0.25) is 0 Å². The van der Waals surface area contributed by atoms with E-state index in [1.807, 2.05) is 11.8 Å². The summed E-state index contributed by atoms with van der Waals surface area (Å²) in [5.74, 6) is -0.104. The fourth-order valence-electron chi connectivity index (χ4n) is 5.08. The Bertz CT molecular complexity index is 1070. The molecule has 0 aromatic heterocycles.